The van der Waals surface area contributed by atoms with E-state index in [4.69, 9.17) is 31.2 Å². The molecule has 0 saturated heterocycles. The van der Waals surface area contributed by atoms with E-state index in [-0.39, 0.29) is 6.54 Å². The van der Waals surface area contributed by atoms with Gasteiger partial charge in [0.25, 0.3) is 5.22 Å². The third-order valence-corrected chi connectivity index (χ3v) is 4.02. The van der Waals surface area contributed by atoms with Gasteiger partial charge in [0.05, 0.1) is 24.8 Å². The minimum Gasteiger partial charge on any atom is -0.489 e. The zero-order valence-corrected chi connectivity index (χ0v) is 12.7. The van der Waals surface area contributed by atoms with Crippen LogP contribution in [0.3, 0.4) is 0 Å². The standard InChI is InChI=1S/C13H14ClN3O3S/c14-9-4-8(5-10-12(9)19-3-1-2-18-10)7-21-13-17-16-11(6-15)20-13/h4-5H,1-3,6-7,15H2. The Bertz CT molecular complexity index is 635. The molecule has 2 heterocycles. The van der Waals surface area contributed by atoms with Crippen molar-refractivity contribution in [2.45, 2.75) is 23.9 Å². The van der Waals surface area contributed by atoms with Crippen LogP contribution in [0.25, 0.3) is 0 Å². The summed E-state index contributed by atoms with van der Waals surface area (Å²) < 4.78 is 16.6. The third kappa shape index (κ3) is 3.42. The van der Waals surface area contributed by atoms with E-state index < -0.39 is 0 Å². The van der Waals surface area contributed by atoms with Crippen molar-refractivity contribution >= 4 is 23.4 Å². The van der Waals surface area contributed by atoms with Gasteiger partial charge < -0.3 is 19.6 Å². The zero-order chi connectivity index (χ0) is 14.7. The van der Waals surface area contributed by atoms with Crippen molar-refractivity contribution in [3.8, 4) is 11.5 Å². The van der Waals surface area contributed by atoms with Gasteiger partial charge in [0.15, 0.2) is 11.5 Å². The fourth-order valence-corrected chi connectivity index (χ4v) is 2.89. The van der Waals surface area contributed by atoms with Crippen LogP contribution >= 0.6 is 23.4 Å². The van der Waals surface area contributed by atoms with Crippen LogP contribution in [0.2, 0.25) is 5.02 Å². The maximum atomic E-state index is 6.25. The Morgan fingerprint density at radius 3 is 2.90 bits per heavy atom. The van der Waals surface area contributed by atoms with Crippen molar-refractivity contribution in [3.63, 3.8) is 0 Å². The first-order chi connectivity index (χ1) is 10.3. The second-order valence-electron chi connectivity index (χ2n) is 4.41. The largest absolute Gasteiger partial charge is 0.489 e. The lowest BCUT2D eigenvalue weighted by Gasteiger charge is -2.10. The Labute approximate surface area is 131 Å². The van der Waals surface area contributed by atoms with Crippen LogP contribution in [0.5, 0.6) is 11.5 Å². The highest BCUT2D eigenvalue weighted by Crippen LogP contribution is 2.39. The molecule has 3 rings (SSSR count). The van der Waals surface area contributed by atoms with Crippen LogP contribution in [0, 0.1) is 0 Å². The molecule has 0 unspecified atom stereocenters. The van der Waals surface area contributed by atoms with Crippen LogP contribution in [-0.4, -0.2) is 23.4 Å². The Kier molecular flexibility index (Phi) is 4.52. The van der Waals surface area contributed by atoms with Gasteiger partial charge in [0, 0.05) is 12.2 Å². The monoisotopic (exact) mass is 327 g/mol. The maximum absolute atomic E-state index is 6.25. The quantitative estimate of drug-likeness (QED) is 0.864. The molecule has 0 fully saturated rings. The lowest BCUT2D eigenvalue weighted by atomic mass is 10.2. The second-order valence-corrected chi connectivity index (χ2v) is 5.74. The summed E-state index contributed by atoms with van der Waals surface area (Å²) in [6.45, 7) is 1.48. The summed E-state index contributed by atoms with van der Waals surface area (Å²) in [6, 6.07) is 3.79. The number of nitrogens with two attached hydrogens (primary N) is 1. The van der Waals surface area contributed by atoms with Gasteiger partial charge in [-0.3, -0.25) is 0 Å². The van der Waals surface area contributed by atoms with Crippen LogP contribution in [0.4, 0.5) is 0 Å². The topological polar surface area (TPSA) is 83.4 Å². The molecular weight excluding hydrogens is 314 g/mol. The summed E-state index contributed by atoms with van der Waals surface area (Å²) in [5.41, 5.74) is 6.43. The van der Waals surface area contributed by atoms with Crippen LogP contribution in [0.15, 0.2) is 21.8 Å². The van der Waals surface area contributed by atoms with Gasteiger partial charge in [-0.05, 0) is 17.7 Å². The first kappa shape index (κ1) is 14.5. The van der Waals surface area contributed by atoms with Crippen molar-refractivity contribution < 1.29 is 13.9 Å². The van der Waals surface area contributed by atoms with E-state index in [1.807, 2.05) is 12.1 Å². The number of benzene rings is 1. The van der Waals surface area contributed by atoms with Crippen LogP contribution in [-0.2, 0) is 12.3 Å². The molecule has 0 aliphatic carbocycles. The smallest absolute Gasteiger partial charge is 0.276 e. The highest BCUT2D eigenvalue weighted by molar-refractivity contribution is 7.98. The summed E-state index contributed by atoms with van der Waals surface area (Å²) in [4.78, 5) is 0. The molecule has 0 amide bonds. The average Bonchev–Trinajstić information content (AvgIpc) is 2.82. The molecule has 2 aromatic rings. The Hall–Kier alpha value is -1.44. The molecule has 0 atom stereocenters. The molecule has 112 valence electrons. The van der Waals surface area contributed by atoms with Crippen molar-refractivity contribution in [2.75, 3.05) is 13.2 Å². The number of thioether (sulfide) groups is 1. The molecule has 8 heteroatoms. The molecule has 6 nitrogen and oxygen atoms in total. The predicted molar refractivity (Wildman–Crippen MR) is 78.8 cm³/mol. The Morgan fingerprint density at radius 1 is 1.24 bits per heavy atom. The van der Waals surface area contributed by atoms with E-state index in [2.05, 4.69) is 10.2 Å². The van der Waals surface area contributed by atoms with Crippen LogP contribution < -0.4 is 15.2 Å². The van der Waals surface area contributed by atoms with Crippen LogP contribution in [0.1, 0.15) is 17.9 Å². The molecule has 0 saturated carbocycles. The number of nitrogens with zero attached hydrogens (tertiary/aromatic N) is 2. The lowest BCUT2D eigenvalue weighted by Crippen LogP contribution is -1.97. The van der Waals surface area contributed by atoms with E-state index >= 15 is 0 Å². The van der Waals surface area contributed by atoms with Crippen molar-refractivity contribution in [1.82, 2.24) is 10.2 Å². The highest BCUT2D eigenvalue weighted by Gasteiger charge is 2.16. The van der Waals surface area contributed by atoms with E-state index in [1.165, 1.54) is 11.8 Å². The SMILES string of the molecule is NCc1nnc(SCc2cc(Cl)c3c(c2)OCCCO3)o1. The molecule has 0 radical (unpaired) electrons. The van der Waals surface area contributed by atoms with Gasteiger partial charge in [0.2, 0.25) is 5.89 Å². The Morgan fingerprint density at radius 2 is 2.10 bits per heavy atom. The number of ether oxygens (including phenoxy) is 2. The third-order valence-electron chi connectivity index (χ3n) is 2.85. The predicted octanol–water partition coefficient (Wildman–Crippen LogP) is 2.64. The van der Waals surface area contributed by atoms with Crippen molar-refractivity contribution in [1.29, 1.82) is 0 Å². The molecule has 1 aromatic carbocycles. The molecule has 0 spiro atoms. The molecule has 1 aliphatic heterocycles. The zero-order valence-electron chi connectivity index (χ0n) is 11.2. The molecule has 0 bridgehead atoms. The number of hydrogen-bond donors (Lipinski definition) is 1. The van der Waals surface area contributed by atoms with Gasteiger partial charge in [-0.1, -0.05) is 23.4 Å². The summed E-state index contributed by atoms with van der Waals surface area (Å²) in [6.07, 6.45) is 0.846. The number of hydrogen-bond acceptors (Lipinski definition) is 7. The van der Waals surface area contributed by atoms with E-state index in [0.29, 0.717) is 46.6 Å². The molecule has 2 N–H and O–H groups in total. The molecule has 1 aromatic heterocycles. The lowest BCUT2D eigenvalue weighted by molar-refractivity contribution is 0.297. The number of rotatable bonds is 4. The number of halogens is 1. The summed E-state index contributed by atoms with van der Waals surface area (Å²) in [5, 5.41) is 8.76. The molecule has 1 aliphatic rings. The average molecular weight is 328 g/mol. The first-order valence-corrected chi connectivity index (χ1v) is 7.86. The summed E-state index contributed by atoms with van der Waals surface area (Å²) in [5.74, 6) is 2.37. The first-order valence-electron chi connectivity index (χ1n) is 6.49. The van der Waals surface area contributed by atoms with E-state index in [9.17, 15) is 0 Å². The maximum Gasteiger partial charge on any atom is 0.276 e. The van der Waals surface area contributed by atoms with Gasteiger partial charge >= 0.3 is 0 Å². The summed E-state index contributed by atoms with van der Waals surface area (Å²) >= 11 is 7.67. The minimum atomic E-state index is 0.239. The van der Waals surface area contributed by atoms with Gasteiger partial charge in [-0.25, -0.2) is 0 Å². The van der Waals surface area contributed by atoms with E-state index in [0.717, 1.165) is 12.0 Å². The molecular formula is C13H14ClN3O3S. The normalized spacial score (nSPS) is 14.0. The minimum absolute atomic E-state index is 0.239. The number of aromatic nitrogens is 2. The Balaban J connectivity index is 1.73. The molecule has 21 heavy (non-hydrogen) atoms. The van der Waals surface area contributed by atoms with E-state index in [1.54, 1.807) is 0 Å². The number of fused-ring (bicyclic) bond motifs is 1. The second kappa shape index (κ2) is 6.55. The fourth-order valence-electron chi connectivity index (χ4n) is 1.89. The van der Waals surface area contributed by atoms with Crippen molar-refractivity contribution in [3.05, 3.63) is 28.6 Å². The van der Waals surface area contributed by atoms with Gasteiger partial charge in [-0.2, -0.15) is 0 Å². The van der Waals surface area contributed by atoms with Gasteiger partial charge in [-0.15, -0.1) is 10.2 Å². The fraction of sp³-hybridized carbons (Fsp3) is 0.385. The van der Waals surface area contributed by atoms with Crippen molar-refractivity contribution in [2.24, 2.45) is 5.73 Å². The summed E-state index contributed by atoms with van der Waals surface area (Å²) in [7, 11) is 0. The van der Waals surface area contributed by atoms with Gasteiger partial charge in [0.1, 0.15) is 0 Å². The highest BCUT2D eigenvalue weighted by atomic mass is 35.5.